The average Bonchev–Trinajstić information content (AvgIpc) is 2.77. The first-order valence-electron chi connectivity index (χ1n) is 5.87. The van der Waals surface area contributed by atoms with Crippen LogP contribution in [0.25, 0.3) is 11.4 Å². The van der Waals surface area contributed by atoms with E-state index in [1.54, 1.807) is 19.5 Å². The van der Waals surface area contributed by atoms with E-state index in [-0.39, 0.29) is 0 Å². The molecule has 1 N–H and O–H groups in total. The molecule has 6 heteroatoms. The lowest BCUT2D eigenvalue weighted by molar-refractivity contribution is 0.191. The number of nitrogens with zero attached hydrogens (tertiary/aromatic N) is 3. The summed E-state index contributed by atoms with van der Waals surface area (Å²) >= 11 is 5.24. The number of pyridine rings is 1. The van der Waals surface area contributed by atoms with Gasteiger partial charge in [0.1, 0.15) is 0 Å². The van der Waals surface area contributed by atoms with Crippen LogP contribution in [0.5, 0.6) is 0 Å². The van der Waals surface area contributed by atoms with E-state index < -0.39 is 0 Å². The average molecular weight is 264 g/mol. The highest BCUT2D eigenvalue weighted by atomic mass is 32.1. The zero-order chi connectivity index (χ0) is 12.8. The maximum absolute atomic E-state index is 5.24. The van der Waals surface area contributed by atoms with Gasteiger partial charge >= 0.3 is 0 Å². The Hall–Kier alpha value is -1.53. The van der Waals surface area contributed by atoms with Crippen molar-refractivity contribution in [3.05, 3.63) is 29.3 Å². The predicted molar refractivity (Wildman–Crippen MR) is 71.8 cm³/mol. The highest BCUT2D eigenvalue weighted by Crippen LogP contribution is 2.16. The number of H-pyrrole nitrogens is 1. The molecule has 0 saturated carbocycles. The number of aromatic amines is 1. The number of aromatic nitrogens is 4. The number of unbranched alkanes of at least 4 members (excludes halogenated alkanes) is 1. The van der Waals surface area contributed by atoms with Gasteiger partial charge in [-0.15, -0.1) is 0 Å². The molecule has 0 unspecified atom stereocenters. The molecule has 0 aliphatic heterocycles. The molecular weight excluding hydrogens is 248 g/mol. The fourth-order valence-electron chi connectivity index (χ4n) is 1.76. The molecule has 0 aliphatic carbocycles. The Morgan fingerprint density at radius 2 is 2.33 bits per heavy atom. The van der Waals surface area contributed by atoms with E-state index in [0.29, 0.717) is 4.77 Å². The van der Waals surface area contributed by atoms with Crippen molar-refractivity contribution in [2.75, 3.05) is 13.7 Å². The van der Waals surface area contributed by atoms with Crippen molar-refractivity contribution in [3.63, 3.8) is 0 Å². The zero-order valence-corrected chi connectivity index (χ0v) is 11.1. The number of rotatable bonds is 6. The van der Waals surface area contributed by atoms with Crippen molar-refractivity contribution in [1.82, 2.24) is 19.7 Å². The Kier molecular flexibility index (Phi) is 4.60. The van der Waals surface area contributed by atoms with Gasteiger partial charge in [0.25, 0.3) is 0 Å². The maximum Gasteiger partial charge on any atom is 0.195 e. The van der Waals surface area contributed by atoms with Crippen molar-refractivity contribution in [1.29, 1.82) is 0 Å². The largest absolute Gasteiger partial charge is 0.385 e. The summed E-state index contributed by atoms with van der Waals surface area (Å²) in [5.41, 5.74) is 0.969. The van der Waals surface area contributed by atoms with Gasteiger partial charge in [-0.3, -0.25) is 10.1 Å². The topological polar surface area (TPSA) is 55.7 Å². The van der Waals surface area contributed by atoms with Crippen molar-refractivity contribution in [2.45, 2.75) is 19.4 Å². The molecule has 18 heavy (non-hydrogen) atoms. The predicted octanol–water partition coefficient (Wildman–Crippen LogP) is 2.43. The van der Waals surface area contributed by atoms with E-state index >= 15 is 0 Å². The Morgan fingerprint density at radius 1 is 1.44 bits per heavy atom. The van der Waals surface area contributed by atoms with Crippen molar-refractivity contribution in [2.24, 2.45) is 0 Å². The van der Waals surface area contributed by atoms with Gasteiger partial charge in [0.15, 0.2) is 10.6 Å². The highest BCUT2D eigenvalue weighted by molar-refractivity contribution is 7.71. The first-order chi connectivity index (χ1) is 8.83. The standard InChI is InChI=1S/C12H16N4OS/c1-17-8-3-2-7-16-11(14-15-12(16)18)10-5-4-6-13-9-10/h4-6,9H,2-3,7-8H2,1H3,(H,15,18). The summed E-state index contributed by atoms with van der Waals surface area (Å²) in [5, 5.41) is 7.09. The number of hydrogen-bond donors (Lipinski definition) is 1. The molecule has 2 aromatic rings. The molecule has 0 spiro atoms. The first-order valence-corrected chi connectivity index (χ1v) is 6.28. The third-order valence-electron chi connectivity index (χ3n) is 2.66. The van der Waals surface area contributed by atoms with E-state index in [1.165, 1.54) is 0 Å². The van der Waals surface area contributed by atoms with Crippen LogP contribution in [0.2, 0.25) is 0 Å². The van der Waals surface area contributed by atoms with Crippen molar-refractivity contribution < 1.29 is 4.74 Å². The summed E-state index contributed by atoms with van der Waals surface area (Å²) in [4.78, 5) is 4.10. The van der Waals surface area contributed by atoms with E-state index in [9.17, 15) is 0 Å². The second-order valence-corrected chi connectivity index (χ2v) is 4.33. The van der Waals surface area contributed by atoms with Crippen LogP contribution in [0.1, 0.15) is 12.8 Å². The summed E-state index contributed by atoms with van der Waals surface area (Å²) in [6.45, 7) is 1.61. The first kappa shape index (κ1) is 12.9. The second kappa shape index (κ2) is 6.42. The van der Waals surface area contributed by atoms with Gasteiger partial charge < -0.3 is 9.30 Å². The molecule has 96 valence electrons. The number of hydrogen-bond acceptors (Lipinski definition) is 4. The SMILES string of the molecule is COCCCCn1c(-c2cccnc2)n[nH]c1=S. The van der Waals surface area contributed by atoms with Gasteiger partial charge in [0.2, 0.25) is 0 Å². The normalized spacial score (nSPS) is 10.7. The van der Waals surface area contributed by atoms with Crippen LogP contribution in [-0.2, 0) is 11.3 Å². The molecule has 0 fully saturated rings. The number of ether oxygens (including phenoxy) is 1. The Bertz CT molecular complexity index is 535. The molecule has 2 heterocycles. The molecular formula is C12H16N4OS. The van der Waals surface area contributed by atoms with Gasteiger partial charge in [0.05, 0.1) is 0 Å². The molecule has 0 aliphatic rings. The molecule has 5 nitrogen and oxygen atoms in total. The minimum Gasteiger partial charge on any atom is -0.385 e. The zero-order valence-electron chi connectivity index (χ0n) is 10.3. The summed E-state index contributed by atoms with van der Waals surface area (Å²) in [5.74, 6) is 0.838. The minimum absolute atomic E-state index is 0.645. The second-order valence-electron chi connectivity index (χ2n) is 3.95. The number of nitrogens with one attached hydrogen (secondary N) is 1. The lowest BCUT2D eigenvalue weighted by Crippen LogP contribution is -2.02. The lowest BCUT2D eigenvalue weighted by atomic mass is 10.2. The van der Waals surface area contributed by atoms with Crippen LogP contribution in [0.15, 0.2) is 24.5 Å². The maximum atomic E-state index is 5.24. The summed E-state index contributed by atoms with van der Waals surface area (Å²) in [6, 6.07) is 3.87. The summed E-state index contributed by atoms with van der Waals surface area (Å²) in [6.07, 6.45) is 5.55. The van der Waals surface area contributed by atoms with Gasteiger partial charge in [-0.25, -0.2) is 0 Å². The van der Waals surface area contributed by atoms with E-state index in [4.69, 9.17) is 17.0 Å². The van der Waals surface area contributed by atoms with Gasteiger partial charge in [0, 0.05) is 38.2 Å². The van der Waals surface area contributed by atoms with Crippen LogP contribution in [0.3, 0.4) is 0 Å². The molecule has 0 aromatic carbocycles. The molecule has 0 atom stereocenters. The van der Waals surface area contributed by atoms with Crippen LogP contribution >= 0.6 is 12.2 Å². The van der Waals surface area contributed by atoms with Crippen LogP contribution in [0.4, 0.5) is 0 Å². The van der Waals surface area contributed by atoms with Crippen LogP contribution in [-0.4, -0.2) is 33.5 Å². The van der Waals surface area contributed by atoms with Crippen LogP contribution in [0, 0.1) is 4.77 Å². The van der Waals surface area contributed by atoms with Crippen molar-refractivity contribution >= 4 is 12.2 Å². The Balaban J connectivity index is 2.15. The van der Waals surface area contributed by atoms with E-state index in [0.717, 1.165) is 37.4 Å². The monoisotopic (exact) mass is 264 g/mol. The Morgan fingerprint density at radius 3 is 3.06 bits per heavy atom. The quantitative estimate of drug-likeness (QED) is 0.643. The molecule has 0 bridgehead atoms. The van der Waals surface area contributed by atoms with Gasteiger partial charge in [-0.2, -0.15) is 5.10 Å². The molecule has 0 amide bonds. The number of methoxy groups -OCH3 is 1. The van der Waals surface area contributed by atoms with Crippen LogP contribution < -0.4 is 0 Å². The highest BCUT2D eigenvalue weighted by Gasteiger charge is 2.08. The van der Waals surface area contributed by atoms with Gasteiger partial charge in [-0.05, 0) is 37.2 Å². The van der Waals surface area contributed by atoms with Gasteiger partial charge in [-0.1, -0.05) is 0 Å². The molecule has 0 saturated heterocycles. The minimum atomic E-state index is 0.645. The fraction of sp³-hybridized carbons (Fsp3) is 0.417. The lowest BCUT2D eigenvalue weighted by Gasteiger charge is -2.06. The smallest absolute Gasteiger partial charge is 0.195 e. The summed E-state index contributed by atoms with van der Waals surface area (Å²) in [7, 11) is 1.71. The third-order valence-corrected chi connectivity index (χ3v) is 2.97. The Labute approximate surface area is 111 Å². The molecule has 0 radical (unpaired) electrons. The third kappa shape index (κ3) is 3.02. The van der Waals surface area contributed by atoms with Crippen molar-refractivity contribution in [3.8, 4) is 11.4 Å². The summed E-state index contributed by atoms with van der Waals surface area (Å²) < 4.78 is 7.68. The van der Waals surface area contributed by atoms with E-state index in [2.05, 4.69) is 15.2 Å². The molecule has 2 aromatic heterocycles. The molecule has 2 rings (SSSR count). The fourth-order valence-corrected chi connectivity index (χ4v) is 1.98. The van der Waals surface area contributed by atoms with E-state index in [1.807, 2.05) is 16.7 Å².